The molecule has 0 spiro atoms. The summed E-state index contributed by atoms with van der Waals surface area (Å²) in [4.78, 5) is 0. The fraction of sp³-hybridized carbons (Fsp3) is 0.400. The van der Waals surface area contributed by atoms with Crippen molar-refractivity contribution in [1.29, 1.82) is 0 Å². The van der Waals surface area contributed by atoms with Gasteiger partial charge in [-0.25, -0.2) is 4.68 Å². The van der Waals surface area contributed by atoms with E-state index in [1.165, 1.54) is 5.56 Å². The van der Waals surface area contributed by atoms with Crippen molar-refractivity contribution in [2.24, 2.45) is 0 Å². The van der Waals surface area contributed by atoms with Gasteiger partial charge in [0, 0.05) is 37.3 Å². The normalized spacial score (nSPS) is 12.5. The lowest BCUT2D eigenvalue weighted by Gasteiger charge is -2.16. The van der Waals surface area contributed by atoms with Gasteiger partial charge >= 0.3 is 0 Å². The van der Waals surface area contributed by atoms with Gasteiger partial charge in [0.05, 0.1) is 5.69 Å². The molecule has 20 heavy (non-hydrogen) atoms. The molecule has 2 N–H and O–H groups in total. The summed E-state index contributed by atoms with van der Waals surface area (Å²) >= 11 is 1.80. The highest BCUT2D eigenvalue weighted by Crippen LogP contribution is 2.09. The van der Waals surface area contributed by atoms with Crippen molar-refractivity contribution in [3.63, 3.8) is 0 Å². The summed E-state index contributed by atoms with van der Waals surface area (Å²) in [5.74, 6) is 1.02. The summed E-state index contributed by atoms with van der Waals surface area (Å²) in [6.07, 6.45) is 6.59. The first-order chi connectivity index (χ1) is 9.83. The van der Waals surface area contributed by atoms with E-state index in [0.29, 0.717) is 6.04 Å². The zero-order chi connectivity index (χ0) is 14.2. The van der Waals surface area contributed by atoms with Crippen LogP contribution in [-0.4, -0.2) is 39.5 Å². The van der Waals surface area contributed by atoms with Gasteiger partial charge in [0.25, 0.3) is 0 Å². The average molecular weight is 291 g/mol. The first-order valence-corrected chi connectivity index (χ1v) is 8.15. The van der Waals surface area contributed by atoms with E-state index in [1.54, 1.807) is 18.0 Å². The van der Waals surface area contributed by atoms with Crippen LogP contribution in [0, 0.1) is 0 Å². The SMILES string of the molecule is CSCC(CCO)NCc1ccc(-n2cccn2)cc1. The second-order valence-corrected chi connectivity index (χ2v) is 5.57. The molecule has 108 valence electrons. The van der Waals surface area contributed by atoms with E-state index in [2.05, 4.69) is 40.9 Å². The lowest BCUT2D eigenvalue weighted by Crippen LogP contribution is -2.31. The second kappa shape index (κ2) is 8.09. The molecule has 4 nitrogen and oxygen atoms in total. The van der Waals surface area contributed by atoms with Crippen LogP contribution in [0.25, 0.3) is 5.69 Å². The van der Waals surface area contributed by atoms with Crippen LogP contribution < -0.4 is 5.32 Å². The highest BCUT2D eigenvalue weighted by Gasteiger charge is 2.06. The molecular weight excluding hydrogens is 270 g/mol. The number of benzene rings is 1. The van der Waals surface area contributed by atoms with Gasteiger partial charge in [0.15, 0.2) is 0 Å². The number of thioether (sulfide) groups is 1. The standard InChI is InChI=1S/C15H21N3OS/c1-20-12-14(7-10-19)16-11-13-3-5-15(6-4-13)18-9-2-8-17-18/h2-6,8-9,14,16,19H,7,10-12H2,1H3. The van der Waals surface area contributed by atoms with Crippen molar-refractivity contribution in [3.05, 3.63) is 48.3 Å². The first-order valence-electron chi connectivity index (χ1n) is 6.75. The number of aliphatic hydroxyl groups excluding tert-OH is 1. The maximum atomic E-state index is 9.04. The first kappa shape index (κ1) is 15.1. The number of aliphatic hydroxyl groups is 1. The Morgan fingerprint density at radius 3 is 2.75 bits per heavy atom. The molecule has 0 amide bonds. The fourth-order valence-electron chi connectivity index (χ4n) is 2.05. The summed E-state index contributed by atoms with van der Waals surface area (Å²) in [7, 11) is 0. The van der Waals surface area contributed by atoms with Crippen LogP contribution in [-0.2, 0) is 6.54 Å². The predicted molar refractivity (Wildman–Crippen MR) is 84.3 cm³/mol. The Labute approximate surface area is 124 Å². The molecule has 0 bridgehead atoms. The van der Waals surface area contributed by atoms with Crippen LogP contribution in [0.1, 0.15) is 12.0 Å². The zero-order valence-electron chi connectivity index (χ0n) is 11.7. The molecule has 0 aliphatic carbocycles. The molecule has 1 unspecified atom stereocenters. The highest BCUT2D eigenvalue weighted by atomic mass is 32.2. The third-order valence-corrected chi connectivity index (χ3v) is 3.88. The maximum Gasteiger partial charge on any atom is 0.0645 e. The van der Waals surface area contributed by atoms with Gasteiger partial charge in [-0.1, -0.05) is 12.1 Å². The predicted octanol–water partition coefficient (Wildman–Crippen LogP) is 2.08. The summed E-state index contributed by atoms with van der Waals surface area (Å²) in [6.45, 7) is 1.06. The third-order valence-electron chi connectivity index (χ3n) is 3.15. The Hall–Kier alpha value is -1.30. The molecular formula is C15H21N3OS. The van der Waals surface area contributed by atoms with Crippen molar-refractivity contribution < 1.29 is 5.11 Å². The Bertz CT molecular complexity index is 478. The lowest BCUT2D eigenvalue weighted by molar-refractivity contribution is 0.270. The molecule has 1 aromatic carbocycles. The average Bonchev–Trinajstić information content (AvgIpc) is 3.00. The number of nitrogens with one attached hydrogen (secondary N) is 1. The van der Waals surface area contributed by atoms with E-state index < -0.39 is 0 Å². The van der Waals surface area contributed by atoms with Gasteiger partial charge in [-0.3, -0.25) is 0 Å². The third kappa shape index (κ3) is 4.37. The number of nitrogens with zero attached hydrogens (tertiary/aromatic N) is 2. The molecule has 2 aromatic rings. The van der Waals surface area contributed by atoms with Crippen LogP contribution in [0.5, 0.6) is 0 Å². The Morgan fingerprint density at radius 1 is 1.35 bits per heavy atom. The summed E-state index contributed by atoms with van der Waals surface area (Å²) in [6, 6.07) is 10.6. The van der Waals surface area contributed by atoms with Crippen LogP contribution >= 0.6 is 11.8 Å². The molecule has 0 aliphatic rings. The van der Waals surface area contributed by atoms with Gasteiger partial charge in [-0.2, -0.15) is 16.9 Å². The fourth-order valence-corrected chi connectivity index (χ4v) is 2.74. The number of rotatable bonds is 8. The molecule has 2 rings (SSSR count). The van der Waals surface area contributed by atoms with Crippen molar-refractivity contribution in [2.45, 2.75) is 19.0 Å². The van der Waals surface area contributed by atoms with Gasteiger partial charge < -0.3 is 10.4 Å². The monoisotopic (exact) mass is 291 g/mol. The lowest BCUT2D eigenvalue weighted by atomic mass is 10.2. The Morgan fingerprint density at radius 2 is 2.15 bits per heavy atom. The minimum atomic E-state index is 0.233. The maximum absolute atomic E-state index is 9.04. The molecule has 0 saturated carbocycles. The van der Waals surface area contributed by atoms with Crippen LogP contribution in [0.4, 0.5) is 0 Å². The van der Waals surface area contributed by atoms with Crippen molar-refractivity contribution >= 4 is 11.8 Å². The molecule has 0 saturated heterocycles. The van der Waals surface area contributed by atoms with Crippen molar-refractivity contribution in [3.8, 4) is 5.69 Å². The van der Waals surface area contributed by atoms with Gasteiger partial charge in [-0.15, -0.1) is 0 Å². The van der Waals surface area contributed by atoms with E-state index >= 15 is 0 Å². The van der Waals surface area contributed by atoms with Crippen molar-refractivity contribution in [1.82, 2.24) is 15.1 Å². The number of hydrogen-bond acceptors (Lipinski definition) is 4. The Balaban J connectivity index is 1.90. The summed E-state index contributed by atoms with van der Waals surface area (Å²) in [5, 5.41) is 16.7. The smallest absolute Gasteiger partial charge is 0.0645 e. The quantitative estimate of drug-likeness (QED) is 0.782. The van der Waals surface area contributed by atoms with Crippen LogP contribution in [0.15, 0.2) is 42.7 Å². The van der Waals surface area contributed by atoms with E-state index in [1.807, 2.05) is 16.9 Å². The van der Waals surface area contributed by atoms with E-state index in [9.17, 15) is 0 Å². The van der Waals surface area contributed by atoms with E-state index in [0.717, 1.165) is 24.4 Å². The number of hydrogen-bond donors (Lipinski definition) is 2. The molecule has 1 atom stereocenters. The minimum absolute atomic E-state index is 0.233. The minimum Gasteiger partial charge on any atom is -0.396 e. The van der Waals surface area contributed by atoms with Gasteiger partial charge in [0.2, 0.25) is 0 Å². The van der Waals surface area contributed by atoms with Crippen LogP contribution in [0.2, 0.25) is 0 Å². The Kier molecular flexibility index (Phi) is 6.11. The molecule has 0 aliphatic heterocycles. The molecule has 1 aromatic heterocycles. The van der Waals surface area contributed by atoms with E-state index in [-0.39, 0.29) is 6.61 Å². The van der Waals surface area contributed by atoms with Gasteiger partial charge in [0.1, 0.15) is 0 Å². The highest BCUT2D eigenvalue weighted by molar-refractivity contribution is 7.98. The molecule has 1 heterocycles. The number of aromatic nitrogens is 2. The van der Waals surface area contributed by atoms with Crippen molar-refractivity contribution in [2.75, 3.05) is 18.6 Å². The van der Waals surface area contributed by atoms with Crippen LogP contribution in [0.3, 0.4) is 0 Å². The molecule has 5 heteroatoms. The topological polar surface area (TPSA) is 50.1 Å². The molecule has 0 fully saturated rings. The van der Waals surface area contributed by atoms with Gasteiger partial charge in [-0.05, 0) is 36.4 Å². The zero-order valence-corrected chi connectivity index (χ0v) is 12.5. The largest absolute Gasteiger partial charge is 0.396 e. The van der Waals surface area contributed by atoms with E-state index in [4.69, 9.17) is 5.11 Å². The summed E-state index contributed by atoms with van der Waals surface area (Å²) in [5.41, 5.74) is 2.31. The second-order valence-electron chi connectivity index (χ2n) is 4.66. The summed E-state index contributed by atoms with van der Waals surface area (Å²) < 4.78 is 1.85. The molecule has 0 radical (unpaired) electrons.